The number of aliphatic carboxylic acids is 1. The Morgan fingerprint density at radius 3 is 1.81 bits per heavy atom. The molecule has 27 heavy (non-hydrogen) atoms. The molecule has 0 aromatic heterocycles. The quantitative estimate of drug-likeness (QED) is 0.688. The van der Waals surface area contributed by atoms with Crippen molar-refractivity contribution in [2.75, 3.05) is 0 Å². The van der Waals surface area contributed by atoms with Crippen molar-refractivity contribution in [1.82, 2.24) is 5.32 Å². The molecule has 0 aliphatic rings. The maximum Gasteiger partial charge on any atom is 0.326 e. The Morgan fingerprint density at radius 1 is 0.926 bits per heavy atom. The number of ketones is 1. The van der Waals surface area contributed by atoms with Crippen molar-refractivity contribution in [2.45, 2.75) is 33.2 Å². The average Bonchev–Trinajstić information content (AvgIpc) is 2.61. The van der Waals surface area contributed by atoms with Gasteiger partial charge < -0.3 is 15.2 Å². The van der Waals surface area contributed by atoms with Crippen molar-refractivity contribution in [3.8, 4) is 11.5 Å². The number of carbonyl (C=O) groups excluding carboxylic acids is 2. The van der Waals surface area contributed by atoms with Crippen molar-refractivity contribution in [2.24, 2.45) is 5.92 Å². The van der Waals surface area contributed by atoms with Crippen LogP contribution in [-0.4, -0.2) is 28.8 Å². The highest BCUT2D eigenvalue weighted by Gasteiger charge is 2.21. The number of carboxylic acids is 1. The molecule has 0 aliphatic heterocycles. The van der Waals surface area contributed by atoms with E-state index in [2.05, 4.69) is 5.32 Å². The Bertz CT molecular complexity index is 809. The molecule has 6 nitrogen and oxygen atoms in total. The lowest BCUT2D eigenvalue weighted by Gasteiger charge is -2.16. The zero-order valence-corrected chi connectivity index (χ0v) is 15.6. The molecule has 1 atom stereocenters. The first-order chi connectivity index (χ1) is 12.8. The van der Waals surface area contributed by atoms with Crippen LogP contribution in [0.25, 0.3) is 0 Å². The lowest BCUT2D eigenvalue weighted by molar-refractivity contribution is -0.139. The van der Waals surface area contributed by atoms with Crippen LogP contribution in [-0.2, 0) is 4.79 Å². The van der Waals surface area contributed by atoms with Gasteiger partial charge in [-0.3, -0.25) is 9.59 Å². The molecular formula is C21H23NO5. The zero-order chi connectivity index (χ0) is 20.0. The normalized spacial score (nSPS) is 11.7. The predicted molar refractivity (Wildman–Crippen MR) is 101 cm³/mol. The number of benzene rings is 2. The molecule has 0 saturated carbocycles. The van der Waals surface area contributed by atoms with Crippen molar-refractivity contribution in [3.63, 3.8) is 0 Å². The Morgan fingerprint density at radius 2 is 1.41 bits per heavy atom. The summed E-state index contributed by atoms with van der Waals surface area (Å²) in [7, 11) is 0. The minimum Gasteiger partial charge on any atom is -0.480 e. The number of hydrogen-bond donors (Lipinski definition) is 2. The highest BCUT2D eigenvalue weighted by atomic mass is 16.5. The van der Waals surface area contributed by atoms with Crippen molar-refractivity contribution >= 4 is 17.7 Å². The van der Waals surface area contributed by atoms with Gasteiger partial charge in [0.1, 0.15) is 17.5 Å². The molecule has 0 heterocycles. The molecule has 0 spiro atoms. The molecule has 6 heteroatoms. The highest BCUT2D eigenvalue weighted by molar-refractivity contribution is 5.96. The monoisotopic (exact) mass is 369 g/mol. The van der Waals surface area contributed by atoms with E-state index in [0.717, 1.165) is 0 Å². The van der Waals surface area contributed by atoms with E-state index in [-0.39, 0.29) is 11.7 Å². The second-order valence-corrected chi connectivity index (χ2v) is 6.70. The van der Waals surface area contributed by atoms with Gasteiger partial charge in [0.2, 0.25) is 0 Å². The van der Waals surface area contributed by atoms with Crippen LogP contribution in [0.1, 0.15) is 47.9 Å². The number of hydrogen-bond acceptors (Lipinski definition) is 4. The molecular weight excluding hydrogens is 346 g/mol. The Kier molecular flexibility index (Phi) is 6.71. The summed E-state index contributed by atoms with van der Waals surface area (Å²) in [4.78, 5) is 34.8. The fraction of sp³-hybridized carbons (Fsp3) is 0.286. The molecule has 0 radical (unpaired) electrons. The molecule has 2 aromatic rings. The van der Waals surface area contributed by atoms with Gasteiger partial charge in [-0.2, -0.15) is 0 Å². The number of Topliss-reactive ketones (excluding diaryl/α,β-unsaturated/α-hetero) is 1. The molecule has 0 saturated heterocycles. The van der Waals surface area contributed by atoms with Crippen LogP contribution in [0.2, 0.25) is 0 Å². The summed E-state index contributed by atoms with van der Waals surface area (Å²) in [5.74, 6) is -0.267. The van der Waals surface area contributed by atoms with Crippen LogP contribution in [0.5, 0.6) is 11.5 Å². The SMILES string of the molecule is CC(=O)c1ccc(Oc2ccc(C(=O)N[C@H](CC(C)C)C(=O)O)cc2)cc1. The molecule has 0 aliphatic carbocycles. The molecule has 2 rings (SSSR count). The van der Waals surface area contributed by atoms with E-state index in [0.29, 0.717) is 29.0 Å². The maximum atomic E-state index is 12.3. The summed E-state index contributed by atoms with van der Waals surface area (Å²) in [5, 5.41) is 11.8. The first kappa shape index (κ1) is 20.2. The van der Waals surface area contributed by atoms with Gasteiger partial charge in [0.25, 0.3) is 5.91 Å². The molecule has 0 unspecified atom stereocenters. The number of nitrogens with one attached hydrogen (secondary N) is 1. The minimum absolute atomic E-state index is 0.0194. The average molecular weight is 369 g/mol. The van der Waals surface area contributed by atoms with Crippen LogP contribution < -0.4 is 10.1 Å². The third kappa shape index (κ3) is 5.95. The van der Waals surface area contributed by atoms with Gasteiger partial charge in [-0.05, 0) is 67.8 Å². The Labute approximate surface area is 158 Å². The zero-order valence-electron chi connectivity index (χ0n) is 15.6. The van der Waals surface area contributed by atoms with E-state index in [1.807, 2.05) is 13.8 Å². The van der Waals surface area contributed by atoms with Crippen molar-refractivity contribution in [3.05, 3.63) is 59.7 Å². The maximum absolute atomic E-state index is 12.3. The number of carbonyl (C=O) groups is 3. The summed E-state index contributed by atoms with van der Waals surface area (Å²) in [6, 6.07) is 12.2. The molecule has 0 fully saturated rings. The van der Waals surface area contributed by atoms with E-state index >= 15 is 0 Å². The van der Waals surface area contributed by atoms with E-state index in [1.165, 1.54) is 6.92 Å². The molecule has 1 amide bonds. The second kappa shape index (κ2) is 8.98. The van der Waals surface area contributed by atoms with Crippen LogP contribution in [0.15, 0.2) is 48.5 Å². The smallest absolute Gasteiger partial charge is 0.326 e. The Hall–Kier alpha value is -3.15. The lowest BCUT2D eigenvalue weighted by atomic mass is 10.0. The fourth-order valence-corrected chi connectivity index (χ4v) is 2.50. The summed E-state index contributed by atoms with van der Waals surface area (Å²) in [6.07, 6.45) is 0.360. The Balaban J connectivity index is 2.02. The van der Waals surface area contributed by atoms with Gasteiger partial charge in [-0.25, -0.2) is 4.79 Å². The van der Waals surface area contributed by atoms with Gasteiger partial charge in [0.15, 0.2) is 5.78 Å². The van der Waals surface area contributed by atoms with E-state index in [1.54, 1.807) is 48.5 Å². The summed E-state index contributed by atoms with van der Waals surface area (Å²) in [6.45, 7) is 5.30. The summed E-state index contributed by atoms with van der Waals surface area (Å²) >= 11 is 0. The van der Waals surface area contributed by atoms with Gasteiger partial charge >= 0.3 is 5.97 Å². The van der Waals surface area contributed by atoms with E-state index in [4.69, 9.17) is 4.74 Å². The third-order valence-corrected chi connectivity index (χ3v) is 3.92. The van der Waals surface area contributed by atoms with Gasteiger partial charge in [-0.15, -0.1) is 0 Å². The third-order valence-electron chi connectivity index (χ3n) is 3.92. The van der Waals surface area contributed by atoms with Crippen molar-refractivity contribution < 1.29 is 24.2 Å². The topological polar surface area (TPSA) is 92.7 Å². The highest BCUT2D eigenvalue weighted by Crippen LogP contribution is 2.22. The largest absolute Gasteiger partial charge is 0.480 e. The van der Waals surface area contributed by atoms with E-state index in [9.17, 15) is 19.5 Å². The van der Waals surface area contributed by atoms with Crippen molar-refractivity contribution in [1.29, 1.82) is 0 Å². The number of ether oxygens (including phenoxy) is 1. The van der Waals surface area contributed by atoms with Crippen LogP contribution in [0.4, 0.5) is 0 Å². The fourth-order valence-electron chi connectivity index (χ4n) is 2.50. The number of carboxylic acid groups (broad SMARTS) is 1. The minimum atomic E-state index is -1.05. The molecule has 2 aromatic carbocycles. The molecule has 0 bridgehead atoms. The van der Waals surface area contributed by atoms with Crippen LogP contribution >= 0.6 is 0 Å². The van der Waals surface area contributed by atoms with Gasteiger partial charge in [0.05, 0.1) is 0 Å². The lowest BCUT2D eigenvalue weighted by Crippen LogP contribution is -2.41. The molecule has 142 valence electrons. The second-order valence-electron chi connectivity index (χ2n) is 6.70. The van der Waals surface area contributed by atoms with Gasteiger partial charge in [-0.1, -0.05) is 13.8 Å². The van der Waals surface area contributed by atoms with E-state index < -0.39 is 17.9 Å². The number of amides is 1. The standard InChI is InChI=1S/C21H23NO5/c1-13(2)12-19(21(25)26)22-20(24)16-6-10-18(11-7-16)27-17-8-4-15(5-9-17)14(3)23/h4-11,13,19H,12H2,1-3H3,(H,22,24)(H,25,26)/t19-/m1/s1. The predicted octanol–water partition coefficient (Wildman–Crippen LogP) is 3.91. The van der Waals surface area contributed by atoms with Crippen LogP contribution in [0.3, 0.4) is 0 Å². The first-order valence-corrected chi connectivity index (χ1v) is 8.69. The number of rotatable bonds is 8. The van der Waals surface area contributed by atoms with Gasteiger partial charge in [0, 0.05) is 11.1 Å². The summed E-state index contributed by atoms with van der Waals surface area (Å²) in [5.41, 5.74) is 0.952. The van der Waals surface area contributed by atoms with Crippen LogP contribution in [0, 0.1) is 5.92 Å². The molecule has 2 N–H and O–H groups in total. The first-order valence-electron chi connectivity index (χ1n) is 8.69. The summed E-state index contributed by atoms with van der Waals surface area (Å²) < 4.78 is 5.68.